The number of benzene rings is 4. The lowest BCUT2D eigenvalue weighted by Crippen LogP contribution is -2.27. The third-order valence-electron chi connectivity index (χ3n) is 10.8. The fourth-order valence-corrected chi connectivity index (χ4v) is 7.04. The van der Waals surface area contributed by atoms with Crippen LogP contribution in [0, 0.1) is 0 Å². The summed E-state index contributed by atoms with van der Waals surface area (Å²) < 4.78 is 34.8. The van der Waals surface area contributed by atoms with E-state index in [0.29, 0.717) is 32.7 Å². The average Bonchev–Trinajstić information content (AvgIpc) is 4.00. The van der Waals surface area contributed by atoms with Crippen LogP contribution in [0.2, 0.25) is 0 Å². The summed E-state index contributed by atoms with van der Waals surface area (Å²) in [6.07, 6.45) is 8.50. The predicted octanol–water partition coefficient (Wildman–Crippen LogP) is 8.89. The molecular formula is C47H52O6. The molecule has 3 aliphatic rings. The van der Waals surface area contributed by atoms with Crippen LogP contribution in [-0.2, 0) is 44.3 Å². The SMILES string of the molecule is C=CCc1cc(C(C)(C)c2ccc(C(C)(c3ccc(OCC4CO4)c(CC=C)c3)c3ccc(OCC4CO4)c(CC=C)c3)cc2)ccc1OCC1CO1. The van der Waals surface area contributed by atoms with E-state index in [1.807, 2.05) is 18.2 Å². The van der Waals surface area contributed by atoms with Crippen molar-refractivity contribution in [2.24, 2.45) is 0 Å². The maximum absolute atomic E-state index is 6.23. The molecule has 7 rings (SSSR count). The van der Waals surface area contributed by atoms with Gasteiger partial charge in [0.15, 0.2) is 0 Å². The lowest BCUT2D eigenvalue weighted by Gasteiger charge is -2.34. The van der Waals surface area contributed by atoms with Gasteiger partial charge in [0.25, 0.3) is 0 Å². The van der Waals surface area contributed by atoms with Gasteiger partial charge >= 0.3 is 0 Å². The second-order valence-electron chi connectivity index (χ2n) is 15.1. The highest BCUT2D eigenvalue weighted by Crippen LogP contribution is 2.43. The second-order valence-corrected chi connectivity index (χ2v) is 15.1. The van der Waals surface area contributed by atoms with Gasteiger partial charge in [0.1, 0.15) is 55.4 Å². The quantitative estimate of drug-likeness (QED) is 0.0518. The summed E-state index contributed by atoms with van der Waals surface area (Å²) in [5.41, 5.74) is 8.55. The Kier molecular flexibility index (Phi) is 10.9. The third-order valence-corrected chi connectivity index (χ3v) is 10.8. The number of ether oxygens (including phenoxy) is 6. The molecule has 0 spiro atoms. The van der Waals surface area contributed by atoms with E-state index in [0.717, 1.165) is 60.2 Å². The molecule has 6 heteroatoms. The molecule has 0 aromatic heterocycles. The molecule has 3 heterocycles. The molecule has 0 radical (unpaired) electrons. The van der Waals surface area contributed by atoms with E-state index in [9.17, 15) is 0 Å². The van der Waals surface area contributed by atoms with Crippen molar-refractivity contribution in [3.8, 4) is 17.2 Å². The van der Waals surface area contributed by atoms with Gasteiger partial charge in [-0.3, -0.25) is 0 Å². The van der Waals surface area contributed by atoms with Crippen LogP contribution in [0.4, 0.5) is 0 Å². The molecule has 0 bridgehead atoms. The molecule has 3 aliphatic heterocycles. The van der Waals surface area contributed by atoms with E-state index < -0.39 is 5.41 Å². The van der Waals surface area contributed by atoms with Crippen LogP contribution >= 0.6 is 0 Å². The number of allylic oxidation sites excluding steroid dienone is 3. The van der Waals surface area contributed by atoms with E-state index in [2.05, 4.69) is 119 Å². The number of hydrogen-bond donors (Lipinski definition) is 0. The van der Waals surface area contributed by atoms with E-state index in [-0.39, 0.29) is 23.7 Å². The van der Waals surface area contributed by atoms with E-state index in [1.54, 1.807) is 0 Å². The lowest BCUT2D eigenvalue weighted by molar-refractivity contribution is 0.261. The molecule has 0 N–H and O–H groups in total. The molecule has 6 nitrogen and oxygen atoms in total. The van der Waals surface area contributed by atoms with Gasteiger partial charge in [-0.25, -0.2) is 0 Å². The van der Waals surface area contributed by atoms with Gasteiger partial charge in [0, 0.05) is 10.8 Å². The molecule has 53 heavy (non-hydrogen) atoms. The lowest BCUT2D eigenvalue weighted by atomic mass is 9.69. The zero-order valence-electron chi connectivity index (χ0n) is 31.4. The summed E-state index contributed by atoms with van der Waals surface area (Å²) in [4.78, 5) is 0. The molecule has 276 valence electrons. The van der Waals surface area contributed by atoms with Gasteiger partial charge in [-0.15, -0.1) is 19.7 Å². The summed E-state index contributed by atoms with van der Waals surface area (Å²) in [7, 11) is 0. The van der Waals surface area contributed by atoms with Crippen LogP contribution in [-0.4, -0.2) is 58.0 Å². The van der Waals surface area contributed by atoms with Crippen molar-refractivity contribution in [3.63, 3.8) is 0 Å². The highest BCUT2D eigenvalue weighted by molar-refractivity contribution is 5.56. The van der Waals surface area contributed by atoms with Crippen molar-refractivity contribution < 1.29 is 28.4 Å². The Morgan fingerprint density at radius 2 is 0.830 bits per heavy atom. The van der Waals surface area contributed by atoms with Crippen LogP contribution in [0.5, 0.6) is 17.2 Å². The Labute approximate surface area is 315 Å². The van der Waals surface area contributed by atoms with Crippen LogP contribution < -0.4 is 14.2 Å². The topological polar surface area (TPSA) is 65.3 Å². The molecule has 0 amide bonds. The molecule has 4 aromatic rings. The number of rotatable bonds is 20. The summed E-state index contributed by atoms with van der Waals surface area (Å²) in [6.45, 7) is 23.0. The van der Waals surface area contributed by atoms with Crippen molar-refractivity contribution >= 4 is 0 Å². The minimum Gasteiger partial charge on any atom is -0.490 e. The largest absolute Gasteiger partial charge is 0.490 e. The van der Waals surface area contributed by atoms with E-state index in [4.69, 9.17) is 28.4 Å². The Balaban J connectivity index is 1.26. The van der Waals surface area contributed by atoms with Gasteiger partial charge in [0.2, 0.25) is 0 Å². The molecular weight excluding hydrogens is 661 g/mol. The average molecular weight is 713 g/mol. The number of hydrogen-bond acceptors (Lipinski definition) is 6. The van der Waals surface area contributed by atoms with Gasteiger partial charge in [-0.1, -0.05) is 92.7 Å². The van der Waals surface area contributed by atoms with Crippen molar-refractivity contribution in [1.82, 2.24) is 0 Å². The Bertz CT molecular complexity index is 1860. The van der Waals surface area contributed by atoms with Gasteiger partial charge in [-0.2, -0.15) is 0 Å². The first kappa shape index (κ1) is 36.7. The van der Waals surface area contributed by atoms with Crippen molar-refractivity contribution in [2.45, 2.75) is 69.2 Å². The maximum atomic E-state index is 6.23. The smallest absolute Gasteiger partial charge is 0.122 e. The minimum atomic E-state index is -0.508. The predicted molar refractivity (Wildman–Crippen MR) is 211 cm³/mol. The van der Waals surface area contributed by atoms with E-state index >= 15 is 0 Å². The standard InChI is InChI=1S/C47H52O6/c1-7-10-32-23-37(17-20-43(32)51-29-40-26-48-40)46(4,5)35-13-15-36(16-14-35)47(6,38-18-21-44(33(24-38)11-8-2)52-30-41-27-49-41)39-19-22-45(34(25-39)12-9-3)53-31-42-28-50-42/h7-9,13-25,40-42H,1-3,10-12,26-31H2,4-6H3. The summed E-state index contributed by atoms with van der Waals surface area (Å²) in [5, 5.41) is 0. The summed E-state index contributed by atoms with van der Waals surface area (Å²) in [5.74, 6) is 2.64. The van der Waals surface area contributed by atoms with Gasteiger partial charge in [0.05, 0.1) is 19.8 Å². The normalized spacial score (nSPS) is 19.8. The maximum Gasteiger partial charge on any atom is 0.122 e. The molecule has 0 aliphatic carbocycles. The first-order chi connectivity index (χ1) is 25.7. The second kappa shape index (κ2) is 15.8. The Morgan fingerprint density at radius 1 is 0.509 bits per heavy atom. The Hall–Kier alpha value is -4.62. The molecule has 3 saturated heterocycles. The summed E-state index contributed by atoms with van der Waals surface area (Å²) in [6, 6.07) is 28.9. The molecule has 0 saturated carbocycles. The van der Waals surface area contributed by atoms with Crippen LogP contribution in [0.15, 0.2) is 117 Å². The van der Waals surface area contributed by atoms with Crippen molar-refractivity contribution in [2.75, 3.05) is 39.6 Å². The molecule has 3 unspecified atom stereocenters. The monoisotopic (exact) mass is 712 g/mol. The van der Waals surface area contributed by atoms with E-state index in [1.165, 1.54) is 27.8 Å². The fraction of sp³-hybridized carbons (Fsp3) is 0.362. The summed E-state index contributed by atoms with van der Waals surface area (Å²) >= 11 is 0. The minimum absolute atomic E-state index is 0.178. The van der Waals surface area contributed by atoms with Crippen LogP contribution in [0.3, 0.4) is 0 Å². The zero-order chi connectivity index (χ0) is 37.0. The van der Waals surface area contributed by atoms with Crippen LogP contribution in [0.1, 0.15) is 65.3 Å². The number of epoxide rings is 3. The first-order valence-electron chi connectivity index (χ1n) is 18.8. The molecule has 4 aromatic carbocycles. The highest BCUT2D eigenvalue weighted by atomic mass is 16.6. The third kappa shape index (κ3) is 8.46. The zero-order valence-corrected chi connectivity index (χ0v) is 31.4. The van der Waals surface area contributed by atoms with Crippen molar-refractivity contribution in [1.29, 1.82) is 0 Å². The van der Waals surface area contributed by atoms with Crippen LogP contribution in [0.25, 0.3) is 0 Å². The Morgan fingerprint density at radius 3 is 1.19 bits per heavy atom. The highest BCUT2D eigenvalue weighted by Gasteiger charge is 2.34. The van der Waals surface area contributed by atoms with Crippen molar-refractivity contribution in [3.05, 3.63) is 161 Å². The first-order valence-corrected chi connectivity index (χ1v) is 18.8. The van der Waals surface area contributed by atoms with Gasteiger partial charge < -0.3 is 28.4 Å². The van der Waals surface area contributed by atoms with Gasteiger partial charge in [-0.05, 0) is 88.9 Å². The fourth-order valence-electron chi connectivity index (χ4n) is 7.04. The molecule has 3 fully saturated rings. The molecule has 3 atom stereocenters.